The molecule has 1 aromatic heterocycles. The van der Waals surface area contributed by atoms with Crippen LogP contribution in [0.5, 0.6) is 0 Å². The Hall–Kier alpha value is -3.20. The topological polar surface area (TPSA) is 125 Å². The van der Waals surface area contributed by atoms with Crippen LogP contribution in [-0.2, 0) is 9.53 Å². The second-order valence-electron chi connectivity index (χ2n) is 4.45. The minimum absolute atomic E-state index is 0.0935. The average molecular weight is 352 g/mol. The van der Waals surface area contributed by atoms with Crippen molar-refractivity contribution >= 4 is 34.9 Å². The Morgan fingerprint density at radius 1 is 1.29 bits per heavy atom. The number of pyridine rings is 1. The van der Waals surface area contributed by atoms with Gasteiger partial charge in [0.15, 0.2) is 12.8 Å². The highest BCUT2D eigenvalue weighted by atomic mass is 35.5. The van der Waals surface area contributed by atoms with E-state index < -0.39 is 29.1 Å². The van der Waals surface area contributed by atoms with Crippen molar-refractivity contribution in [1.82, 2.24) is 0 Å². The predicted octanol–water partition coefficient (Wildman–Crippen LogP) is 1.68. The molecule has 9 nitrogen and oxygen atoms in total. The first-order chi connectivity index (χ1) is 11.4. The lowest BCUT2D eigenvalue weighted by Gasteiger charge is -2.07. The van der Waals surface area contributed by atoms with Gasteiger partial charge in [0.25, 0.3) is 11.6 Å². The summed E-state index contributed by atoms with van der Waals surface area (Å²) in [4.78, 5) is 33.7. The highest BCUT2D eigenvalue weighted by Crippen LogP contribution is 2.27. The van der Waals surface area contributed by atoms with E-state index >= 15 is 0 Å². The van der Waals surface area contributed by atoms with E-state index in [9.17, 15) is 24.9 Å². The average Bonchev–Trinajstić information content (AvgIpc) is 2.54. The van der Waals surface area contributed by atoms with E-state index in [1.807, 2.05) is 0 Å². The Bertz CT molecular complexity index is 811. The first kappa shape index (κ1) is 17.2. The molecule has 0 atom stereocenters. The van der Waals surface area contributed by atoms with Crippen molar-refractivity contribution in [2.45, 2.75) is 0 Å². The molecule has 0 spiro atoms. The lowest BCUT2D eigenvalue weighted by Crippen LogP contribution is -2.35. The second-order valence-corrected chi connectivity index (χ2v) is 4.89. The summed E-state index contributed by atoms with van der Waals surface area (Å²) in [7, 11) is 0. The van der Waals surface area contributed by atoms with Gasteiger partial charge in [0, 0.05) is 23.2 Å². The number of hydrogen-bond acceptors (Lipinski definition) is 6. The number of carbonyl (C=O) groups is 2. The van der Waals surface area contributed by atoms with Crippen LogP contribution in [0.4, 0.5) is 11.4 Å². The Kier molecular flexibility index (Phi) is 5.27. The van der Waals surface area contributed by atoms with Crippen molar-refractivity contribution in [2.24, 2.45) is 0 Å². The van der Waals surface area contributed by atoms with Gasteiger partial charge in [0.2, 0.25) is 0 Å². The number of nitrogens with one attached hydrogen (secondary N) is 1. The fourth-order valence-electron chi connectivity index (χ4n) is 1.74. The molecule has 0 saturated carbocycles. The SMILES string of the molecule is O=C(COC(=O)c1cccc[n+]1[O-])Nc1ccc(Cl)cc1[N+](=O)[O-]. The van der Waals surface area contributed by atoms with Crippen LogP contribution >= 0.6 is 11.6 Å². The van der Waals surface area contributed by atoms with Crippen LogP contribution in [0.1, 0.15) is 10.5 Å². The van der Waals surface area contributed by atoms with E-state index in [-0.39, 0.29) is 16.4 Å². The number of hydrogen-bond donors (Lipinski definition) is 1. The number of halogens is 1. The van der Waals surface area contributed by atoms with Crippen molar-refractivity contribution in [3.8, 4) is 0 Å². The Labute approximate surface area is 140 Å². The van der Waals surface area contributed by atoms with Crippen molar-refractivity contribution in [3.05, 3.63) is 68.6 Å². The molecule has 0 aliphatic rings. The molecule has 2 aromatic rings. The van der Waals surface area contributed by atoms with Crippen LogP contribution in [0, 0.1) is 15.3 Å². The second kappa shape index (κ2) is 7.38. The normalized spacial score (nSPS) is 10.0. The predicted molar refractivity (Wildman–Crippen MR) is 82.4 cm³/mol. The van der Waals surface area contributed by atoms with Crippen LogP contribution in [0.2, 0.25) is 5.02 Å². The number of nitrogens with zero attached hydrogens (tertiary/aromatic N) is 2. The molecule has 0 radical (unpaired) electrons. The van der Waals surface area contributed by atoms with Crippen molar-refractivity contribution in [2.75, 3.05) is 11.9 Å². The van der Waals surface area contributed by atoms with Gasteiger partial charge < -0.3 is 15.3 Å². The molecule has 0 saturated heterocycles. The number of amides is 1. The Morgan fingerprint density at radius 2 is 2.04 bits per heavy atom. The fraction of sp³-hybridized carbons (Fsp3) is 0.0714. The molecule has 10 heteroatoms. The molecule has 0 aliphatic carbocycles. The van der Waals surface area contributed by atoms with E-state index in [1.165, 1.54) is 30.3 Å². The van der Waals surface area contributed by atoms with Crippen LogP contribution < -0.4 is 10.0 Å². The smallest absolute Gasteiger partial charge is 0.405 e. The molecule has 0 fully saturated rings. The fourth-order valence-corrected chi connectivity index (χ4v) is 1.91. The zero-order valence-corrected chi connectivity index (χ0v) is 12.7. The van der Waals surface area contributed by atoms with Gasteiger partial charge in [-0.05, 0) is 18.2 Å². The minimum atomic E-state index is -0.994. The number of ether oxygens (including phenoxy) is 1. The summed E-state index contributed by atoms with van der Waals surface area (Å²) in [5, 5.41) is 24.7. The summed E-state index contributed by atoms with van der Waals surface area (Å²) in [6.07, 6.45) is 1.10. The van der Waals surface area contributed by atoms with Crippen molar-refractivity contribution in [1.29, 1.82) is 0 Å². The Balaban J connectivity index is 2.01. The largest absolute Gasteiger partial charge is 0.618 e. The number of benzene rings is 1. The molecule has 1 heterocycles. The van der Waals surface area contributed by atoms with E-state index in [4.69, 9.17) is 16.3 Å². The molecule has 24 heavy (non-hydrogen) atoms. The summed E-state index contributed by atoms with van der Waals surface area (Å²) in [5.41, 5.74) is -0.783. The number of aromatic nitrogens is 1. The molecule has 124 valence electrons. The number of carbonyl (C=O) groups excluding carboxylic acids is 2. The summed E-state index contributed by atoms with van der Waals surface area (Å²) in [6, 6.07) is 7.81. The monoisotopic (exact) mass is 351 g/mol. The third kappa shape index (κ3) is 4.17. The van der Waals surface area contributed by atoms with Gasteiger partial charge >= 0.3 is 11.7 Å². The number of nitro groups is 1. The Morgan fingerprint density at radius 3 is 2.71 bits per heavy atom. The van der Waals surface area contributed by atoms with Crippen LogP contribution in [0.25, 0.3) is 0 Å². The molecule has 1 aromatic carbocycles. The molecule has 2 rings (SSSR count). The zero-order chi connectivity index (χ0) is 17.7. The van der Waals surface area contributed by atoms with Gasteiger partial charge in [-0.3, -0.25) is 14.9 Å². The quantitative estimate of drug-likeness (QED) is 0.287. The van der Waals surface area contributed by atoms with Crippen LogP contribution in [0.3, 0.4) is 0 Å². The third-order valence-electron chi connectivity index (χ3n) is 2.80. The molecule has 0 bridgehead atoms. The first-order valence-corrected chi connectivity index (χ1v) is 6.85. The zero-order valence-electron chi connectivity index (χ0n) is 12.0. The number of rotatable bonds is 5. The third-order valence-corrected chi connectivity index (χ3v) is 3.03. The number of anilines is 1. The van der Waals surface area contributed by atoms with Gasteiger partial charge in [0.1, 0.15) is 5.69 Å². The highest BCUT2D eigenvalue weighted by molar-refractivity contribution is 6.31. The summed E-state index contributed by atoms with van der Waals surface area (Å²) in [6.45, 7) is -0.715. The first-order valence-electron chi connectivity index (χ1n) is 6.47. The van der Waals surface area contributed by atoms with Crippen LogP contribution in [-0.4, -0.2) is 23.4 Å². The van der Waals surface area contributed by atoms with Crippen molar-refractivity contribution in [3.63, 3.8) is 0 Å². The molecule has 0 aliphatic heterocycles. The van der Waals surface area contributed by atoms with Crippen LogP contribution in [0.15, 0.2) is 42.6 Å². The molecular weight excluding hydrogens is 342 g/mol. The maximum atomic E-state index is 11.8. The molecule has 0 unspecified atom stereocenters. The molecule has 1 amide bonds. The lowest BCUT2D eigenvalue weighted by molar-refractivity contribution is -0.608. The lowest BCUT2D eigenvalue weighted by atomic mass is 10.2. The van der Waals surface area contributed by atoms with Gasteiger partial charge in [-0.2, -0.15) is 4.73 Å². The summed E-state index contributed by atoms with van der Waals surface area (Å²) < 4.78 is 5.00. The summed E-state index contributed by atoms with van der Waals surface area (Å²) >= 11 is 5.66. The van der Waals surface area contributed by atoms with E-state index in [0.29, 0.717) is 4.73 Å². The minimum Gasteiger partial charge on any atom is -0.618 e. The maximum absolute atomic E-state index is 11.8. The standard InChI is InChI=1S/C14H10ClN3O6/c15-9-4-5-10(12(7-9)18(22)23)16-13(19)8-24-14(20)11-3-1-2-6-17(11)21/h1-7H,8H2,(H,16,19). The maximum Gasteiger partial charge on any atom is 0.405 e. The molecule has 1 N–H and O–H groups in total. The van der Waals surface area contributed by atoms with Gasteiger partial charge in [-0.15, -0.1) is 0 Å². The number of nitro benzene ring substituents is 1. The van der Waals surface area contributed by atoms with Crippen molar-refractivity contribution < 1.29 is 24.0 Å². The van der Waals surface area contributed by atoms with Gasteiger partial charge in [-0.1, -0.05) is 11.6 Å². The van der Waals surface area contributed by atoms with Gasteiger partial charge in [-0.25, -0.2) is 4.79 Å². The summed E-state index contributed by atoms with van der Waals surface area (Å²) in [5.74, 6) is -1.80. The van der Waals surface area contributed by atoms with E-state index in [0.717, 1.165) is 12.3 Å². The molecular formula is C14H10ClN3O6. The van der Waals surface area contributed by atoms with Gasteiger partial charge in [0.05, 0.1) is 4.92 Å². The number of esters is 1. The van der Waals surface area contributed by atoms with E-state index in [1.54, 1.807) is 0 Å². The highest BCUT2D eigenvalue weighted by Gasteiger charge is 2.20. The van der Waals surface area contributed by atoms with E-state index in [2.05, 4.69) is 5.32 Å².